The third kappa shape index (κ3) is 2.85. The molecule has 0 spiro atoms. The van der Waals surface area contributed by atoms with Gasteiger partial charge in [0.25, 0.3) is 5.91 Å². The standard InChI is InChI=1S/C13H15NO2/c1-3-14(2)13(16)12-9-5-4-7-11(12)8-6-10-15/h4-5,7,9,15H,3,10H2,1-2H3. The van der Waals surface area contributed by atoms with E-state index in [0.717, 1.165) is 0 Å². The van der Waals surface area contributed by atoms with Crippen LogP contribution in [-0.4, -0.2) is 36.1 Å². The Morgan fingerprint density at radius 1 is 1.44 bits per heavy atom. The molecule has 16 heavy (non-hydrogen) atoms. The molecule has 0 fully saturated rings. The lowest BCUT2D eigenvalue weighted by atomic mass is 10.1. The Balaban J connectivity index is 3.08. The maximum absolute atomic E-state index is 12.0. The van der Waals surface area contributed by atoms with Gasteiger partial charge < -0.3 is 10.0 Å². The van der Waals surface area contributed by atoms with Crippen molar-refractivity contribution in [3.8, 4) is 11.8 Å². The first-order chi connectivity index (χ1) is 7.70. The molecule has 1 N–H and O–H groups in total. The molecule has 3 heteroatoms. The normalized spacial score (nSPS) is 9.19. The number of rotatable bonds is 2. The summed E-state index contributed by atoms with van der Waals surface area (Å²) in [4.78, 5) is 13.6. The SMILES string of the molecule is CCN(C)C(=O)c1ccccc1C#CCO. The van der Waals surface area contributed by atoms with Crippen LogP contribution in [0.2, 0.25) is 0 Å². The van der Waals surface area contributed by atoms with Gasteiger partial charge in [0.05, 0.1) is 5.56 Å². The van der Waals surface area contributed by atoms with Gasteiger partial charge in [-0.15, -0.1) is 0 Å². The number of nitrogens with zero attached hydrogens (tertiary/aromatic N) is 1. The van der Waals surface area contributed by atoms with E-state index in [2.05, 4.69) is 11.8 Å². The Morgan fingerprint density at radius 3 is 2.75 bits per heavy atom. The lowest BCUT2D eigenvalue weighted by molar-refractivity contribution is 0.0802. The van der Waals surface area contributed by atoms with E-state index < -0.39 is 0 Å². The molecule has 84 valence electrons. The number of hydrogen-bond acceptors (Lipinski definition) is 2. The topological polar surface area (TPSA) is 40.5 Å². The molecule has 0 heterocycles. The molecular weight excluding hydrogens is 202 g/mol. The second-order valence-electron chi connectivity index (χ2n) is 3.32. The lowest BCUT2D eigenvalue weighted by Crippen LogP contribution is -2.26. The number of aliphatic hydroxyl groups is 1. The van der Waals surface area contributed by atoms with E-state index in [4.69, 9.17) is 5.11 Å². The van der Waals surface area contributed by atoms with E-state index in [1.165, 1.54) is 0 Å². The molecule has 0 unspecified atom stereocenters. The van der Waals surface area contributed by atoms with Crippen molar-refractivity contribution in [3.63, 3.8) is 0 Å². The van der Waals surface area contributed by atoms with Gasteiger partial charge in [-0.05, 0) is 19.1 Å². The molecule has 0 atom stereocenters. The average Bonchev–Trinajstić information content (AvgIpc) is 2.34. The van der Waals surface area contributed by atoms with Gasteiger partial charge in [-0.1, -0.05) is 24.0 Å². The summed E-state index contributed by atoms with van der Waals surface area (Å²) in [6, 6.07) is 7.15. The second kappa shape index (κ2) is 5.94. The number of carbonyl (C=O) groups excluding carboxylic acids is 1. The zero-order chi connectivity index (χ0) is 12.0. The Morgan fingerprint density at radius 2 is 2.12 bits per heavy atom. The van der Waals surface area contributed by atoms with Gasteiger partial charge in [0.2, 0.25) is 0 Å². The van der Waals surface area contributed by atoms with Gasteiger partial charge in [0.1, 0.15) is 6.61 Å². The number of carbonyl (C=O) groups is 1. The third-order valence-corrected chi connectivity index (χ3v) is 2.28. The van der Waals surface area contributed by atoms with Gasteiger partial charge in [0, 0.05) is 19.2 Å². The highest BCUT2D eigenvalue weighted by Crippen LogP contribution is 2.09. The third-order valence-electron chi connectivity index (χ3n) is 2.28. The highest BCUT2D eigenvalue weighted by Gasteiger charge is 2.12. The predicted molar refractivity (Wildman–Crippen MR) is 63.0 cm³/mol. The van der Waals surface area contributed by atoms with Crippen molar-refractivity contribution < 1.29 is 9.90 Å². The molecule has 1 aromatic rings. The fourth-order valence-electron chi connectivity index (χ4n) is 1.26. The fraction of sp³-hybridized carbons (Fsp3) is 0.308. The molecule has 0 radical (unpaired) electrons. The Labute approximate surface area is 95.7 Å². The zero-order valence-corrected chi connectivity index (χ0v) is 9.53. The van der Waals surface area contributed by atoms with Gasteiger partial charge in [-0.25, -0.2) is 0 Å². The van der Waals surface area contributed by atoms with Gasteiger partial charge in [0.15, 0.2) is 0 Å². The summed E-state index contributed by atoms with van der Waals surface area (Å²) >= 11 is 0. The summed E-state index contributed by atoms with van der Waals surface area (Å²) in [5.74, 6) is 5.28. The van der Waals surface area contributed by atoms with Crippen molar-refractivity contribution in [2.45, 2.75) is 6.92 Å². The highest BCUT2D eigenvalue weighted by atomic mass is 16.2. The zero-order valence-electron chi connectivity index (χ0n) is 9.53. The Hall–Kier alpha value is -1.79. The van der Waals surface area contributed by atoms with Crippen molar-refractivity contribution >= 4 is 5.91 Å². The number of amides is 1. The summed E-state index contributed by atoms with van der Waals surface area (Å²) in [6.45, 7) is 2.37. The second-order valence-corrected chi connectivity index (χ2v) is 3.32. The van der Waals surface area contributed by atoms with Crippen LogP contribution in [0.3, 0.4) is 0 Å². The fourth-order valence-corrected chi connectivity index (χ4v) is 1.26. The van der Waals surface area contributed by atoms with Crippen molar-refractivity contribution in [2.24, 2.45) is 0 Å². The molecule has 0 saturated heterocycles. The minimum absolute atomic E-state index is 0.0506. The Bertz CT molecular complexity index is 429. The van der Waals surface area contributed by atoms with Crippen LogP contribution in [0.25, 0.3) is 0 Å². The molecule has 1 amide bonds. The smallest absolute Gasteiger partial charge is 0.254 e. The molecule has 0 aliphatic heterocycles. The summed E-state index contributed by atoms with van der Waals surface area (Å²) in [6.07, 6.45) is 0. The van der Waals surface area contributed by atoms with Crippen LogP contribution in [0.15, 0.2) is 24.3 Å². The van der Waals surface area contributed by atoms with Crippen molar-refractivity contribution in [1.82, 2.24) is 4.90 Å². The van der Waals surface area contributed by atoms with E-state index in [1.807, 2.05) is 13.0 Å². The first-order valence-electron chi connectivity index (χ1n) is 5.15. The van der Waals surface area contributed by atoms with Crippen LogP contribution in [0.5, 0.6) is 0 Å². The van der Waals surface area contributed by atoms with Crippen LogP contribution < -0.4 is 0 Å². The van der Waals surface area contributed by atoms with E-state index in [1.54, 1.807) is 30.1 Å². The van der Waals surface area contributed by atoms with Gasteiger partial charge >= 0.3 is 0 Å². The summed E-state index contributed by atoms with van der Waals surface area (Å²) in [7, 11) is 1.75. The molecular formula is C13H15NO2. The first-order valence-corrected chi connectivity index (χ1v) is 5.15. The molecule has 0 aliphatic rings. The molecule has 0 aliphatic carbocycles. The van der Waals surface area contributed by atoms with Gasteiger partial charge in [-0.3, -0.25) is 4.79 Å². The maximum atomic E-state index is 12.0. The molecule has 1 aromatic carbocycles. The van der Waals surface area contributed by atoms with E-state index in [-0.39, 0.29) is 12.5 Å². The monoisotopic (exact) mass is 217 g/mol. The quantitative estimate of drug-likeness (QED) is 0.754. The van der Waals surface area contributed by atoms with Gasteiger partial charge in [-0.2, -0.15) is 0 Å². The van der Waals surface area contributed by atoms with Crippen molar-refractivity contribution in [2.75, 3.05) is 20.2 Å². The van der Waals surface area contributed by atoms with E-state index in [0.29, 0.717) is 17.7 Å². The summed E-state index contributed by atoms with van der Waals surface area (Å²) in [5, 5.41) is 8.64. The van der Waals surface area contributed by atoms with E-state index in [9.17, 15) is 4.79 Å². The molecule has 3 nitrogen and oxygen atoms in total. The van der Waals surface area contributed by atoms with Crippen molar-refractivity contribution in [1.29, 1.82) is 0 Å². The molecule has 1 rings (SSSR count). The first kappa shape index (κ1) is 12.3. The van der Waals surface area contributed by atoms with Crippen LogP contribution >= 0.6 is 0 Å². The van der Waals surface area contributed by atoms with Crippen LogP contribution in [0.1, 0.15) is 22.8 Å². The highest BCUT2D eigenvalue weighted by molar-refractivity contribution is 5.96. The lowest BCUT2D eigenvalue weighted by Gasteiger charge is -2.15. The molecule has 0 saturated carbocycles. The van der Waals surface area contributed by atoms with E-state index >= 15 is 0 Å². The predicted octanol–water partition coefficient (Wildman–Crippen LogP) is 1.12. The summed E-state index contributed by atoms with van der Waals surface area (Å²) < 4.78 is 0. The van der Waals surface area contributed by atoms with Crippen LogP contribution in [0, 0.1) is 11.8 Å². The number of benzene rings is 1. The number of hydrogen-bond donors (Lipinski definition) is 1. The maximum Gasteiger partial charge on any atom is 0.254 e. The molecule has 0 bridgehead atoms. The van der Waals surface area contributed by atoms with Crippen LogP contribution in [0.4, 0.5) is 0 Å². The summed E-state index contributed by atoms with van der Waals surface area (Å²) in [5.41, 5.74) is 1.23. The van der Waals surface area contributed by atoms with Crippen molar-refractivity contribution in [3.05, 3.63) is 35.4 Å². The largest absolute Gasteiger partial charge is 0.384 e. The van der Waals surface area contributed by atoms with Crippen LogP contribution in [-0.2, 0) is 0 Å². The molecule has 0 aromatic heterocycles. The minimum Gasteiger partial charge on any atom is -0.384 e. The minimum atomic E-state index is -0.202. The Kier molecular flexibility index (Phi) is 4.56. The average molecular weight is 217 g/mol. The number of aliphatic hydroxyl groups excluding tert-OH is 1.